The maximum atomic E-state index is 13.4. The number of rotatable bonds is 9. The summed E-state index contributed by atoms with van der Waals surface area (Å²) in [5.41, 5.74) is 0.936. The molecule has 0 aliphatic heterocycles. The summed E-state index contributed by atoms with van der Waals surface area (Å²) < 4.78 is 33.5. The number of sulfonamides is 1. The van der Waals surface area contributed by atoms with E-state index >= 15 is 0 Å². The number of carbonyl (C=O) groups is 1. The molecule has 3 aromatic rings. The minimum absolute atomic E-state index is 0.0734. The third kappa shape index (κ3) is 5.35. The van der Waals surface area contributed by atoms with E-state index in [9.17, 15) is 13.2 Å². The molecular formula is C23H22Cl2N2O4S. The number of nitrogens with zero attached hydrogens (tertiary/aromatic N) is 2. The van der Waals surface area contributed by atoms with Gasteiger partial charge in [0.1, 0.15) is 10.7 Å². The maximum Gasteiger partial charge on any atom is 0.245 e. The van der Waals surface area contributed by atoms with E-state index in [0.717, 1.165) is 5.56 Å². The topological polar surface area (TPSA) is 70.8 Å². The molecule has 2 aromatic carbocycles. The van der Waals surface area contributed by atoms with Crippen LogP contribution in [0.4, 0.5) is 0 Å². The van der Waals surface area contributed by atoms with Crippen LogP contribution in [0.5, 0.6) is 0 Å². The zero-order chi connectivity index (χ0) is 22.7. The lowest BCUT2D eigenvalue weighted by Gasteiger charge is -2.27. The van der Waals surface area contributed by atoms with Crippen molar-refractivity contribution in [2.75, 3.05) is 6.54 Å². The molecule has 6 nitrogen and oxygen atoms in total. The fourth-order valence-electron chi connectivity index (χ4n) is 3.43. The Hall–Kier alpha value is -2.32. The van der Waals surface area contributed by atoms with Gasteiger partial charge in [-0.2, -0.15) is 4.31 Å². The van der Waals surface area contributed by atoms with Crippen LogP contribution < -0.4 is 0 Å². The lowest BCUT2D eigenvalue weighted by Crippen LogP contribution is -2.43. The molecule has 9 heteroatoms. The van der Waals surface area contributed by atoms with Crippen molar-refractivity contribution in [3.63, 3.8) is 0 Å². The van der Waals surface area contributed by atoms with Crippen LogP contribution >= 0.6 is 23.2 Å². The van der Waals surface area contributed by atoms with Crippen LogP contribution in [0, 0.1) is 0 Å². The summed E-state index contributed by atoms with van der Waals surface area (Å²) in [4.78, 5) is 14.9. The highest BCUT2D eigenvalue weighted by atomic mass is 35.5. The van der Waals surface area contributed by atoms with Gasteiger partial charge in [0.15, 0.2) is 0 Å². The molecule has 32 heavy (non-hydrogen) atoms. The van der Waals surface area contributed by atoms with Crippen molar-refractivity contribution < 1.29 is 17.6 Å². The normalized spacial score (nSPS) is 14.0. The molecule has 168 valence electrons. The fraction of sp³-hybridized carbons (Fsp3) is 0.261. The molecular weight excluding hydrogens is 471 g/mol. The Morgan fingerprint density at radius 3 is 2.41 bits per heavy atom. The second kappa shape index (κ2) is 9.67. The highest BCUT2D eigenvalue weighted by Gasteiger charge is 2.41. The number of halogens is 2. The SMILES string of the molecule is O=C(CN(C1CC1)S(=O)(=O)c1cc(Cl)ccc1Cl)N(Cc1ccccc1)Cc1ccco1. The molecule has 1 heterocycles. The lowest BCUT2D eigenvalue weighted by atomic mass is 10.2. The van der Waals surface area contributed by atoms with Crippen LogP contribution in [-0.2, 0) is 27.9 Å². The van der Waals surface area contributed by atoms with Gasteiger partial charge in [-0.3, -0.25) is 4.79 Å². The quantitative estimate of drug-likeness (QED) is 0.422. The van der Waals surface area contributed by atoms with Crippen LogP contribution in [0.25, 0.3) is 0 Å². The van der Waals surface area contributed by atoms with Gasteiger partial charge in [0.2, 0.25) is 15.9 Å². The Morgan fingerprint density at radius 1 is 1.00 bits per heavy atom. The highest BCUT2D eigenvalue weighted by Crippen LogP contribution is 2.35. The Kier molecular flexibility index (Phi) is 6.90. The van der Waals surface area contributed by atoms with Crippen molar-refractivity contribution >= 4 is 39.1 Å². The molecule has 1 aliphatic rings. The van der Waals surface area contributed by atoms with Crippen molar-refractivity contribution in [1.82, 2.24) is 9.21 Å². The van der Waals surface area contributed by atoms with Gasteiger partial charge in [0.25, 0.3) is 0 Å². The average Bonchev–Trinajstić information content (AvgIpc) is 3.48. The number of hydrogen-bond donors (Lipinski definition) is 0. The van der Waals surface area contributed by atoms with E-state index in [1.165, 1.54) is 22.5 Å². The second-order valence-corrected chi connectivity index (χ2v) is 10.4. The molecule has 0 atom stereocenters. The zero-order valence-electron chi connectivity index (χ0n) is 17.2. The molecule has 0 bridgehead atoms. The van der Waals surface area contributed by atoms with Gasteiger partial charge in [-0.25, -0.2) is 8.42 Å². The van der Waals surface area contributed by atoms with E-state index < -0.39 is 10.0 Å². The van der Waals surface area contributed by atoms with Crippen LogP contribution in [0.1, 0.15) is 24.2 Å². The summed E-state index contributed by atoms with van der Waals surface area (Å²) in [6, 6.07) is 17.1. The van der Waals surface area contributed by atoms with Crippen molar-refractivity contribution in [2.45, 2.75) is 36.9 Å². The average molecular weight is 493 g/mol. The van der Waals surface area contributed by atoms with Gasteiger partial charge in [-0.15, -0.1) is 0 Å². The lowest BCUT2D eigenvalue weighted by molar-refractivity contribution is -0.133. The van der Waals surface area contributed by atoms with Crippen LogP contribution in [0.2, 0.25) is 10.0 Å². The Bertz CT molecular complexity index is 1180. The number of carbonyl (C=O) groups excluding carboxylic acids is 1. The standard InChI is InChI=1S/C23H22Cl2N2O4S/c24-18-8-11-21(25)22(13-18)32(29,30)27(19-9-10-19)16-23(28)26(15-20-7-4-12-31-20)14-17-5-2-1-3-6-17/h1-8,11-13,19H,9-10,14-16H2. The number of benzene rings is 2. The Labute approximate surface area is 197 Å². The number of furan rings is 1. The monoisotopic (exact) mass is 492 g/mol. The van der Waals surface area contributed by atoms with Crippen molar-refractivity contribution in [3.8, 4) is 0 Å². The van der Waals surface area contributed by atoms with E-state index in [4.69, 9.17) is 27.6 Å². The summed E-state index contributed by atoms with van der Waals surface area (Å²) in [6.07, 6.45) is 2.94. The van der Waals surface area contributed by atoms with Crippen molar-refractivity contribution in [2.24, 2.45) is 0 Å². The van der Waals surface area contributed by atoms with Crippen molar-refractivity contribution in [1.29, 1.82) is 0 Å². The molecule has 0 N–H and O–H groups in total. The largest absolute Gasteiger partial charge is 0.467 e. The summed E-state index contributed by atoms with van der Waals surface area (Å²) in [5.74, 6) is 0.298. The minimum Gasteiger partial charge on any atom is -0.467 e. The van der Waals surface area contributed by atoms with Gasteiger partial charge in [-0.05, 0) is 48.7 Å². The number of hydrogen-bond acceptors (Lipinski definition) is 4. The van der Waals surface area contributed by atoms with E-state index in [0.29, 0.717) is 25.1 Å². The second-order valence-electron chi connectivity index (χ2n) is 7.67. The van der Waals surface area contributed by atoms with Gasteiger partial charge in [0, 0.05) is 17.6 Å². The Morgan fingerprint density at radius 2 is 1.75 bits per heavy atom. The highest BCUT2D eigenvalue weighted by molar-refractivity contribution is 7.89. The molecule has 0 radical (unpaired) electrons. The first kappa shape index (κ1) is 22.9. The molecule has 1 fully saturated rings. The summed E-state index contributed by atoms with van der Waals surface area (Å²) in [6.45, 7) is 0.275. The van der Waals surface area contributed by atoms with Crippen molar-refractivity contribution in [3.05, 3.63) is 88.3 Å². The maximum absolute atomic E-state index is 13.4. The molecule has 1 saturated carbocycles. The Balaban J connectivity index is 1.60. The summed E-state index contributed by atoms with van der Waals surface area (Å²) in [7, 11) is -4.01. The minimum atomic E-state index is -4.01. The number of amides is 1. The van der Waals surface area contributed by atoms with E-state index in [1.807, 2.05) is 30.3 Å². The third-order valence-electron chi connectivity index (χ3n) is 5.22. The van der Waals surface area contributed by atoms with Crippen LogP contribution in [0.15, 0.2) is 76.2 Å². The molecule has 4 rings (SSSR count). The van der Waals surface area contributed by atoms with Gasteiger partial charge >= 0.3 is 0 Å². The first-order valence-electron chi connectivity index (χ1n) is 10.2. The summed E-state index contributed by atoms with van der Waals surface area (Å²) in [5, 5.41) is 0.336. The van der Waals surface area contributed by atoms with Crippen LogP contribution in [0.3, 0.4) is 0 Å². The van der Waals surface area contributed by atoms with E-state index in [1.54, 1.807) is 23.3 Å². The van der Waals surface area contributed by atoms with Gasteiger partial charge in [0.05, 0.1) is 24.4 Å². The molecule has 1 aromatic heterocycles. The third-order valence-corrected chi connectivity index (χ3v) is 7.84. The van der Waals surface area contributed by atoms with Gasteiger partial charge in [-0.1, -0.05) is 53.5 Å². The van der Waals surface area contributed by atoms with E-state index in [-0.39, 0.29) is 40.0 Å². The fourth-order valence-corrected chi connectivity index (χ4v) is 5.81. The molecule has 1 aliphatic carbocycles. The molecule has 1 amide bonds. The molecule has 0 spiro atoms. The predicted octanol–water partition coefficient (Wildman–Crippen LogP) is 4.97. The van der Waals surface area contributed by atoms with Gasteiger partial charge < -0.3 is 9.32 Å². The first-order chi connectivity index (χ1) is 15.3. The zero-order valence-corrected chi connectivity index (χ0v) is 19.5. The smallest absolute Gasteiger partial charge is 0.245 e. The summed E-state index contributed by atoms with van der Waals surface area (Å²) >= 11 is 12.2. The predicted molar refractivity (Wildman–Crippen MR) is 123 cm³/mol. The van der Waals surface area contributed by atoms with Crippen LogP contribution in [-0.4, -0.2) is 36.1 Å². The molecule has 0 unspecified atom stereocenters. The van der Waals surface area contributed by atoms with E-state index in [2.05, 4.69) is 0 Å². The molecule has 0 saturated heterocycles. The first-order valence-corrected chi connectivity index (χ1v) is 12.3.